The molecule has 0 spiro atoms. The topological polar surface area (TPSA) is 102 Å². The van der Waals surface area contributed by atoms with Crippen LogP contribution in [0.5, 0.6) is 0 Å². The molecule has 0 aromatic carbocycles. The van der Waals surface area contributed by atoms with Crippen LogP contribution in [0.15, 0.2) is 0 Å². The molecule has 0 radical (unpaired) electrons. The van der Waals surface area contributed by atoms with Gasteiger partial charge in [-0.25, -0.2) is 4.79 Å². The minimum atomic E-state index is -0.600. The molecular weight excluding hydrogens is 448 g/mol. The first-order chi connectivity index (χ1) is 16.6. The number of aliphatic hydroxyl groups excluding tert-OH is 2. The highest BCUT2D eigenvalue weighted by Gasteiger charge is 2.65. The predicted molar refractivity (Wildman–Crippen MR) is 130 cm³/mol. The van der Waals surface area contributed by atoms with Gasteiger partial charge in [0, 0.05) is 6.42 Å². The highest BCUT2D eigenvalue weighted by atomic mass is 16.7. The second-order valence-corrected chi connectivity index (χ2v) is 12.4. The van der Waals surface area contributed by atoms with Crippen LogP contribution in [-0.4, -0.2) is 54.4 Å². The number of carbonyl (C=O) groups is 2. The third-order valence-corrected chi connectivity index (χ3v) is 11.1. The Labute approximate surface area is 210 Å². The largest absolute Gasteiger partial charge is 0.508 e. The monoisotopic (exact) mass is 494 g/mol. The minimum absolute atomic E-state index is 0.0231. The van der Waals surface area contributed by atoms with E-state index in [2.05, 4.69) is 20.8 Å². The highest BCUT2D eigenvalue weighted by Crippen LogP contribution is 2.68. The molecule has 0 aromatic heterocycles. The molecule has 4 saturated carbocycles. The van der Waals surface area contributed by atoms with E-state index < -0.39 is 18.4 Å². The zero-order valence-electron chi connectivity index (χ0n) is 22.2. The standard InChI is InChI=1S/C28H46O7/c1-6-34-26(32)35-18-11-12-27(3)17(13-18)14-22(29)25-20-9-8-19(16(2)7-10-24(31)33-5)28(20,4)23(30)15-21(25)27/h16-23,25,29-30H,6-15H2,1-5H3/t16-,17+,18+,19+,20-,21-,22-,23-,25-,27-,28+/m0/s1. The number of rotatable bonds is 6. The summed E-state index contributed by atoms with van der Waals surface area (Å²) in [5.74, 6) is 1.46. The van der Waals surface area contributed by atoms with Gasteiger partial charge in [-0.05, 0) is 105 Å². The van der Waals surface area contributed by atoms with Crippen LogP contribution >= 0.6 is 0 Å². The summed E-state index contributed by atoms with van der Waals surface area (Å²) in [7, 11) is 1.43. The summed E-state index contributed by atoms with van der Waals surface area (Å²) in [6.45, 7) is 8.88. The number of carbonyl (C=O) groups excluding carboxylic acids is 2. The smallest absolute Gasteiger partial charge is 0.469 e. The molecule has 0 aliphatic heterocycles. The number of hydrogen-bond acceptors (Lipinski definition) is 7. The Balaban J connectivity index is 1.50. The molecule has 0 amide bonds. The van der Waals surface area contributed by atoms with E-state index in [4.69, 9.17) is 14.2 Å². The normalized spacial score (nSPS) is 45.5. The molecule has 7 heteroatoms. The van der Waals surface area contributed by atoms with Gasteiger partial charge in [0.25, 0.3) is 0 Å². The van der Waals surface area contributed by atoms with Gasteiger partial charge in [0.05, 0.1) is 25.9 Å². The third kappa shape index (κ3) is 4.60. The molecule has 200 valence electrons. The lowest BCUT2D eigenvalue weighted by Gasteiger charge is -2.63. The number of methoxy groups -OCH3 is 1. The lowest BCUT2D eigenvalue weighted by Crippen LogP contribution is -2.62. The Morgan fingerprint density at radius 1 is 1.06 bits per heavy atom. The van der Waals surface area contributed by atoms with Gasteiger partial charge >= 0.3 is 12.1 Å². The molecule has 0 unspecified atom stereocenters. The second kappa shape index (κ2) is 10.2. The van der Waals surface area contributed by atoms with Crippen molar-refractivity contribution in [2.75, 3.05) is 13.7 Å². The Kier molecular flexibility index (Phi) is 7.78. The van der Waals surface area contributed by atoms with Gasteiger partial charge in [-0.3, -0.25) is 4.79 Å². The van der Waals surface area contributed by atoms with E-state index in [0.29, 0.717) is 31.3 Å². The summed E-state index contributed by atoms with van der Waals surface area (Å²) in [5.41, 5.74) is -0.222. The summed E-state index contributed by atoms with van der Waals surface area (Å²) in [5, 5.41) is 23.2. The first-order valence-corrected chi connectivity index (χ1v) is 13.8. The van der Waals surface area contributed by atoms with Crippen LogP contribution in [0.25, 0.3) is 0 Å². The van der Waals surface area contributed by atoms with Gasteiger partial charge in [0.15, 0.2) is 0 Å². The van der Waals surface area contributed by atoms with Crippen molar-refractivity contribution >= 4 is 12.1 Å². The van der Waals surface area contributed by atoms with E-state index in [-0.39, 0.29) is 46.6 Å². The van der Waals surface area contributed by atoms with Gasteiger partial charge in [0.1, 0.15) is 6.10 Å². The first-order valence-electron chi connectivity index (χ1n) is 13.8. The van der Waals surface area contributed by atoms with Gasteiger partial charge in [-0.15, -0.1) is 0 Å². The van der Waals surface area contributed by atoms with Crippen molar-refractivity contribution in [2.45, 2.75) is 104 Å². The summed E-state index contributed by atoms with van der Waals surface area (Å²) in [4.78, 5) is 23.6. The molecule has 0 aromatic rings. The molecule has 7 nitrogen and oxygen atoms in total. The highest BCUT2D eigenvalue weighted by molar-refractivity contribution is 5.69. The van der Waals surface area contributed by atoms with E-state index in [0.717, 1.165) is 44.9 Å². The average Bonchev–Trinajstić information content (AvgIpc) is 3.17. The molecule has 35 heavy (non-hydrogen) atoms. The molecular formula is C28H46O7. The molecule has 4 aliphatic rings. The van der Waals surface area contributed by atoms with Crippen molar-refractivity contribution in [3.8, 4) is 0 Å². The SMILES string of the molecule is CCOC(=O)O[C@@H]1CC[C@@]2(C)[C@H](C1)C[C@H](O)[C@@H]1[C@@H]2C[C@H](O)[C@]2(C)[C@@H]([C@@H](C)CCC(=O)OC)CC[C@@H]12. The number of ether oxygens (including phenoxy) is 3. The van der Waals surface area contributed by atoms with Crippen LogP contribution in [0.4, 0.5) is 4.79 Å². The molecule has 0 saturated heterocycles. The maximum Gasteiger partial charge on any atom is 0.508 e. The number of esters is 1. The minimum Gasteiger partial charge on any atom is -0.469 e. The Hall–Kier alpha value is -1.34. The summed E-state index contributed by atoms with van der Waals surface area (Å²) in [6, 6.07) is 0. The van der Waals surface area contributed by atoms with Gasteiger partial charge in [-0.1, -0.05) is 20.8 Å². The van der Waals surface area contributed by atoms with E-state index in [9.17, 15) is 19.8 Å². The predicted octanol–water partition coefficient (Wildman–Crippen LogP) is 4.72. The van der Waals surface area contributed by atoms with Crippen LogP contribution in [0, 0.1) is 46.3 Å². The molecule has 4 rings (SSSR count). The third-order valence-electron chi connectivity index (χ3n) is 11.1. The van der Waals surface area contributed by atoms with Gasteiger partial charge in [-0.2, -0.15) is 0 Å². The fourth-order valence-electron chi connectivity index (χ4n) is 9.16. The summed E-state index contributed by atoms with van der Waals surface area (Å²) in [6.07, 6.45) is 5.58. The number of fused-ring (bicyclic) bond motifs is 5. The number of hydrogen-bond donors (Lipinski definition) is 2. The zero-order valence-corrected chi connectivity index (χ0v) is 22.2. The van der Waals surface area contributed by atoms with E-state index in [1.54, 1.807) is 6.92 Å². The number of aliphatic hydroxyl groups is 2. The average molecular weight is 495 g/mol. The summed E-state index contributed by atoms with van der Waals surface area (Å²) >= 11 is 0. The molecule has 2 N–H and O–H groups in total. The first kappa shape index (κ1) is 26.7. The quantitative estimate of drug-likeness (QED) is 0.515. The van der Waals surface area contributed by atoms with E-state index in [1.165, 1.54) is 7.11 Å². The second-order valence-electron chi connectivity index (χ2n) is 12.4. The van der Waals surface area contributed by atoms with Crippen molar-refractivity contribution in [2.24, 2.45) is 46.3 Å². The molecule has 0 heterocycles. The van der Waals surface area contributed by atoms with Crippen molar-refractivity contribution in [3.05, 3.63) is 0 Å². The van der Waals surface area contributed by atoms with Crippen molar-refractivity contribution < 1.29 is 34.0 Å². The van der Waals surface area contributed by atoms with Crippen LogP contribution in [-0.2, 0) is 19.0 Å². The maximum absolute atomic E-state index is 11.9. The van der Waals surface area contributed by atoms with Crippen molar-refractivity contribution in [1.82, 2.24) is 0 Å². The molecule has 4 fully saturated rings. The molecule has 11 atom stereocenters. The molecule has 0 bridgehead atoms. The van der Waals surface area contributed by atoms with Gasteiger partial charge < -0.3 is 24.4 Å². The van der Waals surface area contributed by atoms with E-state index >= 15 is 0 Å². The maximum atomic E-state index is 11.9. The van der Waals surface area contributed by atoms with Crippen LogP contribution in [0.2, 0.25) is 0 Å². The van der Waals surface area contributed by atoms with E-state index in [1.807, 2.05) is 0 Å². The lowest BCUT2D eigenvalue weighted by atomic mass is 9.43. The van der Waals surface area contributed by atoms with Crippen molar-refractivity contribution in [1.29, 1.82) is 0 Å². The lowest BCUT2D eigenvalue weighted by molar-refractivity contribution is -0.207. The zero-order chi connectivity index (χ0) is 25.5. The fraction of sp³-hybridized carbons (Fsp3) is 0.929. The fourth-order valence-corrected chi connectivity index (χ4v) is 9.16. The summed E-state index contributed by atoms with van der Waals surface area (Å²) < 4.78 is 15.4. The molecule has 4 aliphatic carbocycles. The van der Waals surface area contributed by atoms with Gasteiger partial charge in [0.2, 0.25) is 0 Å². The van der Waals surface area contributed by atoms with Crippen LogP contribution in [0.1, 0.15) is 85.5 Å². The van der Waals surface area contributed by atoms with Crippen LogP contribution in [0.3, 0.4) is 0 Å². The van der Waals surface area contributed by atoms with Crippen molar-refractivity contribution in [3.63, 3.8) is 0 Å². The van der Waals surface area contributed by atoms with Crippen LogP contribution < -0.4 is 0 Å². The Morgan fingerprint density at radius 2 is 1.80 bits per heavy atom. The Morgan fingerprint density at radius 3 is 2.49 bits per heavy atom. The Bertz CT molecular complexity index is 785.